The molecule has 2 N–H and O–H groups in total. The van der Waals surface area contributed by atoms with Gasteiger partial charge in [0.05, 0.1) is 0 Å². The Bertz CT molecular complexity index is 297. The van der Waals surface area contributed by atoms with Gasteiger partial charge in [0.15, 0.2) is 0 Å². The quantitative estimate of drug-likeness (QED) is 0.673. The number of nitrogens with zero attached hydrogens (tertiary/aromatic N) is 1. The van der Waals surface area contributed by atoms with Crippen molar-refractivity contribution >= 4 is 23.5 Å². The summed E-state index contributed by atoms with van der Waals surface area (Å²) in [7, 11) is 1.63. The molecule has 0 saturated heterocycles. The second kappa shape index (κ2) is 3.30. The number of halogens is 1. The van der Waals surface area contributed by atoms with Crippen LogP contribution >= 0.6 is 23.5 Å². The monoisotopic (exact) mass is 190 g/mol. The molecule has 5 heteroatoms. The lowest BCUT2D eigenvalue weighted by atomic mass is 10.5. The minimum absolute atomic E-state index is 0.197. The summed E-state index contributed by atoms with van der Waals surface area (Å²) in [5, 5.41) is 5.48. The lowest BCUT2D eigenvalue weighted by Gasteiger charge is -2.00. The molecule has 1 rings (SSSR count). The molecule has 1 aromatic heterocycles. The third-order valence-electron chi connectivity index (χ3n) is 1.25. The van der Waals surface area contributed by atoms with E-state index in [1.54, 1.807) is 19.3 Å². The van der Waals surface area contributed by atoms with Crippen LogP contribution in [0, 0.1) is 0 Å². The van der Waals surface area contributed by atoms with Crippen LogP contribution in [0.3, 0.4) is 0 Å². The Morgan fingerprint density at radius 3 is 2.82 bits per heavy atom. The highest BCUT2D eigenvalue weighted by Crippen LogP contribution is 2.12. The van der Waals surface area contributed by atoms with Crippen LogP contribution in [0.2, 0.25) is 5.02 Å². The molecule has 60 valence electrons. The molecular formula is C6H7ClN2OS. The number of aryl methyl sites for hydroxylation is 1. The van der Waals surface area contributed by atoms with E-state index in [0.29, 0.717) is 0 Å². The number of nitrogens with two attached hydrogens (primary N) is 1. The van der Waals surface area contributed by atoms with Crippen LogP contribution in [0.25, 0.3) is 0 Å². The number of hydrogen-bond acceptors (Lipinski definition) is 3. The van der Waals surface area contributed by atoms with E-state index in [2.05, 4.69) is 0 Å². The summed E-state index contributed by atoms with van der Waals surface area (Å²) >= 11 is 6.66. The van der Waals surface area contributed by atoms with Crippen LogP contribution in [0.15, 0.2) is 22.0 Å². The first kappa shape index (κ1) is 8.64. The summed E-state index contributed by atoms with van der Waals surface area (Å²) in [6.45, 7) is 0. The number of rotatable bonds is 1. The Labute approximate surface area is 73.3 Å². The van der Waals surface area contributed by atoms with Gasteiger partial charge in [-0.05, 0) is 18.0 Å². The van der Waals surface area contributed by atoms with E-state index < -0.39 is 0 Å². The van der Waals surface area contributed by atoms with Crippen molar-refractivity contribution in [2.45, 2.75) is 4.90 Å². The first-order chi connectivity index (χ1) is 5.15. The van der Waals surface area contributed by atoms with Crippen molar-refractivity contribution in [1.29, 1.82) is 0 Å². The molecule has 0 amide bonds. The molecule has 0 unspecified atom stereocenters. The summed E-state index contributed by atoms with van der Waals surface area (Å²) in [6, 6.07) is 1.55. The maximum Gasteiger partial charge on any atom is 0.269 e. The van der Waals surface area contributed by atoms with Crippen molar-refractivity contribution in [3.63, 3.8) is 0 Å². The predicted octanol–water partition coefficient (Wildman–Crippen LogP) is 1.00. The van der Waals surface area contributed by atoms with Gasteiger partial charge in [0, 0.05) is 18.1 Å². The Balaban J connectivity index is 3.32. The standard InChI is InChI=1S/C6H7ClN2OS/c1-9-3-4(11-8)2-5(7)6(9)10/h2-3H,8H2,1H3. The van der Waals surface area contributed by atoms with E-state index in [9.17, 15) is 4.79 Å². The van der Waals surface area contributed by atoms with Crippen molar-refractivity contribution in [3.05, 3.63) is 27.6 Å². The fourth-order valence-corrected chi connectivity index (χ4v) is 1.43. The fourth-order valence-electron chi connectivity index (χ4n) is 0.706. The van der Waals surface area contributed by atoms with Crippen LogP contribution in [0.4, 0.5) is 0 Å². The number of hydrogen-bond donors (Lipinski definition) is 1. The molecule has 0 aliphatic rings. The van der Waals surface area contributed by atoms with Crippen LogP contribution < -0.4 is 10.7 Å². The summed E-state index contributed by atoms with van der Waals surface area (Å²) < 4.78 is 1.40. The minimum Gasteiger partial charge on any atom is -0.316 e. The largest absolute Gasteiger partial charge is 0.316 e. The molecule has 0 radical (unpaired) electrons. The molecule has 1 aromatic rings. The summed E-state index contributed by atoms with van der Waals surface area (Å²) in [4.78, 5) is 11.8. The molecular weight excluding hydrogens is 184 g/mol. The lowest BCUT2D eigenvalue weighted by Crippen LogP contribution is -2.16. The lowest BCUT2D eigenvalue weighted by molar-refractivity contribution is 0.840. The molecule has 0 bridgehead atoms. The van der Waals surface area contributed by atoms with Crippen molar-refractivity contribution in [2.75, 3.05) is 0 Å². The van der Waals surface area contributed by atoms with E-state index in [4.69, 9.17) is 16.7 Å². The van der Waals surface area contributed by atoms with Gasteiger partial charge in [-0.25, -0.2) is 0 Å². The molecule has 0 spiro atoms. The summed E-state index contributed by atoms with van der Waals surface area (Å²) in [6.07, 6.45) is 1.64. The van der Waals surface area contributed by atoms with E-state index in [-0.39, 0.29) is 10.6 Å². The first-order valence-electron chi connectivity index (χ1n) is 2.88. The zero-order chi connectivity index (χ0) is 8.43. The average Bonchev–Trinajstić information content (AvgIpc) is 1.99. The Morgan fingerprint density at radius 2 is 2.36 bits per heavy atom. The van der Waals surface area contributed by atoms with Gasteiger partial charge in [-0.15, -0.1) is 0 Å². The second-order valence-corrected chi connectivity index (χ2v) is 3.17. The highest BCUT2D eigenvalue weighted by molar-refractivity contribution is 7.97. The van der Waals surface area contributed by atoms with Crippen molar-refractivity contribution in [3.8, 4) is 0 Å². The van der Waals surface area contributed by atoms with Gasteiger partial charge >= 0.3 is 0 Å². The molecule has 0 aliphatic heterocycles. The van der Waals surface area contributed by atoms with Crippen LogP contribution in [-0.2, 0) is 7.05 Å². The maximum absolute atomic E-state index is 11.0. The zero-order valence-electron chi connectivity index (χ0n) is 5.87. The molecule has 1 heterocycles. The number of pyridine rings is 1. The topological polar surface area (TPSA) is 48.0 Å². The van der Waals surface area contributed by atoms with Gasteiger partial charge in [-0.3, -0.25) is 9.93 Å². The predicted molar refractivity (Wildman–Crippen MR) is 46.7 cm³/mol. The molecule has 0 aliphatic carbocycles. The third kappa shape index (κ3) is 1.77. The van der Waals surface area contributed by atoms with Crippen molar-refractivity contribution < 1.29 is 0 Å². The van der Waals surface area contributed by atoms with Gasteiger partial charge in [-0.1, -0.05) is 11.6 Å². The summed E-state index contributed by atoms with van der Waals surface area (Å²) in [5.74, 6) is 0. The number of aromatic nitrogens is 1. The highest BCUT2D eigenvalue weighted by Gasteiger charge is 2.00. The van der Waals surface area contributed by atoms with Gasteiger partial charge in [0.25, 0.3) is 5.56 Å². The Kier molecular flexibility index (Phi) is 2.59. The molecule has 11 heavy (non-hydrogen) atoms. The smallest absolute Gasteiger partial charge is 0.269 e. The van der Waals surface area contributed by atoms with Crippen LogP contribution in [-0.4, -0.2) is 4.57 Å². The first-order valence-corrected chi connectivity index (χ1v) is 4.14. The SMILES string of the molecule is Cn1cc(SN)cc(Cl)c1=O. The van der Waals surface area contributed by atoms with Gasteiger partial charge < -0.3 is 4.57 Å². The van der Waals surface area contributed by atoms with E-state index >= 15 is 0 Å². The van der Waals surface area contributed by atoms with Gasteiger partial charge in [0.1, 0.15) is 5.02 Å². The van der Waals surface area contributed by atoms with E-state index in [1.165, 1.54) is 4.57 Å². The Hall–Kier alpha value is -0.450. The Morgan fingerprint density at radius 1 is 1.73 bits per heavy atom. The molecule has 3 nitrogen and oxygen atoms in total. The van der Waals surface area contributed by atoms with Crippen LogP contribution in [0.5, 0.6) is 0 Å². The van der Waals surface area contributed by atoms with E-state index in [0.717, 1.165) is 16.8 Å². The maximum atomic E-state index is 11.0. The van der Waals surface area contributed by atoms with Crippen molar-refractivity contribution in [1.82, 2.24) is 4.57 Å². The molecule has 0 saturated carbocycles. The summed E-state index contributed by atoms with van der Waals surface area (Å²) in [5.41, 5.74) is -0.204. The fraction of sp³-hybridized carbons (Fsp3) is 0.167. The van der Waals surface area contributed by atoms with Crippen LogP contribution in [0.1, 0.15) is 0 Å². The molecule has 0 fully saturated rings. The van der Waals surface area contributed by atoms with Gasteiger partial charge in [0.2, 0.25) is 0 Å². The second-order valence-electron chi connectivity index (χ2n) is 2.06. The zero-order valence-corrected chi connectivity index (χ0v) is 7.45. The van der Waals surface area contributed by atoms with Crippen molar-refractivity contribution in [2.24, 2.45) is 12.2 Å². The highest BCUT2D eigenvalue weighted by atomic mass is 35.5. The minimum atomic E-state index is -0.204. The average molecular weight is 191 g/mol. The van der Waals surface area contributed by atoms with E-state index in [1.807, 2.05) is 0 Å². The normalized spacial score (nSPS) is 10.1. The van der Waals surface area contributed by atoms with Gasteiger partial charge in [-0.2, -0.15) is 0 Å². The molecule has 0 aromatic carbocycles. The molecule has 0 atom stereocenters. The third-order valence-corrected chi connectivity index (χ3v) is 2.02.